The van der Waals surface area contributed by atoms with Crippen LogP contribution in [-0.4, -0.2) is 14.4 Å². The van der Waals surface area contributed by atoms with Crippen LogP contribution in [0.15, 0.2) is 30.7 Å². The van der Waals surface area contributed by atoms with Crippen molar-refractivity contribution in [1.82, 2.24) is 19.7 Å². The van der Waals surface area contributed by atoms with E-state index < -0.39 is 0 Å². The van der Waals surface area contributed by atoms with Crippen LogP contribution in [0.4, 0.5) is 0 Å². The Morgan fingerprint density at radius 1 is 1.40 bits per heavy atom. The van der Waals surface area contributed by atoms with Crippen LogP contribution in [0.2, 0.25) is 0 Å². The molecular weight excluding hydrogens is 268 g/mol. The van der Waals surface area contributed by atoms with Crippen LogP contribution in [0.3, 0.4) is 0 Å². The Morgan fingerprint density at radius 3 is 3.00 bits per heavy atom. The fourth-order valence-corrected chi connectivity index (χ4v) is 3.21. The lowest BCUT2D eigenvalue weighted by molar-refractivity contribution is 0.563. The summed E-state index contributed by atoms with van der Waals surface area (Å²) < 4.78 is 2.19. The van der Waals surface area contributed by atoms with Crippen LogP contribution < -0.4 is 5.32 Å². The first-order valence-electron chi connectivity index (χ1n) is 6.72. The lowest BCUT2D eigenvalue weighted by atomic mass is 10.1. The normalized spacial score (nSPS) is 12.9. The lowest BCUT2D eigenvalue weighted by Gasteiger charge is -2.13. The molecule has 0 aliphatic carbocycles. The molecule has 3 aromatic heterocycles. The van der Waals surface area contributed by atoms with Gasteiger partial charge in [0.1, 0.15) is 0 Å². The molecule has 20 heavy (non-hydrogen) atoms. The van der Waals surface area contributed by atoms with Crippen LogP contribution in [0, 0.1) is 13.8 Å². The van der Waals surface area contributed by atoms with E-state index in [1.807, 2.05) is 12.3 Å². The van der Waals surface area contributed by atoms with E-state index >= 15 is 0 Å². The minimum absolute atomic E-state index is 0.272. The standard InChI is InChI=1S/C15H18N4S/c1-10-9-19-14(12(3)18-15(19)20-10)8-17-11(2)13-5-4-6-16-7-13/h4-7,9,11,17H,8H2,1-3H3/t11-/m0/s1. The molecule has 1 atom stereocenters. The maximum Gasteiger partial charge on any atom is 0.194 e. The zero-order valence-corrected chi connectivity index (χ0v) is 12.7. The second kappa shape index (κ2) is 5.34. The van der Waals surface area contributed by atoms with Crippen LogP contribution in [-0.2, 0) is 6.54 Å². The third kappa shape index (κ3) is 2.46. The van der Waals surface area contributed by atoms with Crippen LogP contribution in [0.1, 0.15) is 34.8 Å². The van der Waals surface area contributed by atoms with Gasteiger partial charge in [0.05, 0.1) is 11.4 Å². The summed E-state index contributed by atoms with van der Waals surface area (Å²) in [6.45, 7) is 7.15. The van der Waals surface area contributed by atoms with E-state index in [1.54, 1.807) is 17.5 Å². The van der Waals surface area contributed by atoms with Crippen molar-refractivity contribution in [1.29, 1.82) is 0 Å². The van der Waals surface area contributed by atoms with Crippen LogP contribution in [0.5, 0.6) is 0 Å². The predicted molar refractivity (Wildman–Crippen MR) is 82.0 cm³/mol. The van der Waals surface area contributed by atoms with E-state index in [2.05, 4.69) is 52.7 Å². The minimum atomic E-state index is 0.272. The second-order valence-electron chi connectivity index (χ2n) is 5.03. The van der Waals surface area contributed by atoms with Gasteiger partial charge in [-0.15, -0.1) is 11.3 Å². The summed E-state index contributed by atoms with van der Waals surface area (Å²) in [5.74, 6) is 0. The largest absolute Gasteiger partial charge is 0.305 e. The van der Waals surface area contributed by atoms with Gasteiger partial charge in [0, 0.05) is 36.1 Å². The van der Waals surface area contributed by atoms with E-state index in [0.717, 1.165) is 17.2 Å². The summed E-state index contributed by atoms with van der Waals surface area (Å²) in [7, 11) is 0. The van der Waals surface area contributed by atoms with Crippen molar-refractivity contribution in [3.05, 3.63) is 52.6 Å². The van der Waals surface area contributed by atoms with Gasteiger partial charge >= 0.3 is 0 Å². The monoisotopic (exact) mass is 286 g/mol. The molecule has 0 saturated carbocycles. The molecule has 0 bridgehead atoms. The molecule has 0 amide bonds. The summed E-state index contributed by atoms with van der Waals surface area (Å²) in [5.41, 5.74) is 3.54. The van der Waals surface area contributed by atoms with Crippen molar-refractivity contribution in [2.75, 3.05) is 0 Å². The van der Waals surface area contributed by atoms with E-state index in [4.69, 9.17) is 0 Å². The molecule has 0 aromatic carbocycles. The number of hydrogen-bond donors (Lipinski definition) is 1. The van der Waals surface area contributed by atoms with Gasteiger partial charge in [0.2, 0.25) is 0 Å². The molecule has 3 heterocycles. The molecule has 0 spiro atoms. The Morgan fingerprint density at radius 2 is 2.25 bits per heavy atom. The second-order valence-corrected chi connectivity index (χ2v) is 6.24. The SMILES string of the molecule is Cc1cn2c(CN[C@@H](C)c3cccnc3)c(C)nc2s1. The maximum absolute atomic E-state index is 4.61. The highest BCUT2D eigenvalue weighted by Gasteiger charge is 2.12. The molecule has 0 aliphatic rings. The average molecular weight is 286 g/mol. The van der Waals surface area contributed by atoms with Crippen molar-refractivity contribution in [3.8, 4) is 0 Å². The van der Waals surface area contributed by atoms with Gasteiger partial charge in [-0.2, -0.15) is 0 Å². The van der Waals surface area contributed by atoms with Gasteiger partial charge in [-0.1, -0.05) is 6.07 Å². The van der Waals surface area contributed by atoms with Crippen LogP contribution in [0.25, 0.3) is 4.96 Å². The number of hydrogen-bond acceptors (Lipinski definition) is 4. The van der Waals surface area contributed by atoms with Crippen molar-refractivity contribution in [2.24, 2.45) is 0 Å². The first-order valence-corrected chi connectivity index (χ1v) is 7.54. The van der Waals surface area contributed by atoms with E-state index in [-0.39, 0.29) is 6.04 Å². The van der Waals surface area contributed by atoms with Gasteiger partial charge < -0.3 is 5.32 Å². The number of nitrogens with one attached hydrogen (secondary N) is 1. The first-order chi connectivity index (χ1) is 9.65. The number of aromatic nitrogens is 3. The highest BCUT2D eigenvalue weighted by atomic mass is 32.1. The molecule has 0 aliphatic heterocycles. The topological polar surface area (TPSA) is 42.2 Å². The number of rotatable bonds is 4. The van der Waals surface area contributed by atoms with E-state index in [0.29, 0.717) is 0 Å². The smallest absolute Gasteiger partial charge is 0.194 e. The molecule has 0 unspecified atom stereocenters. The highest BCUT2D eigenvalue weighted by Crippen LogP contribution is 2.21. The number of imidazole rings is 1. The number of nitrogens with zero attached hydrogens (tertiary/aromatic N) is 3. The molecule has 4 nitrogen and oxygen atoms in total. The van der Waals surface area contributed by atoms with Crippen molar-refractivity contribution in [2.45, 2.75) is 33.4 Å². The van der Waals surface area contributed by atoms with Gasteiger partial charge in [0.25, 0.3) is 0 Å². The van der Waals surface area contributed by atoms with Crippen molar-refractivity contribution < 1.29 is 0 Å². The number of fused-ring (bicyclic) bond motifs is 1. The number of thiazole rings is 1. The maximum atomic E-state index is 4.61. The summed E-state index contributed by atoms with van der Waals surface area (Å²) in [4.78, 5) is 11.1. The van der Waals surface area contributed by atoms with Crippen molar-refractivity contribution in [3.63, 3.8) is 0 Å². The molecule has 1 N–H and O–H groups in total. The summed E-state index contributed by atoms with van der Waals surface area (Å²) in [5, 5.41) is 3.55. The summed E-state index contributed by atoms with van der Waals surface area (Å²) in [6, 6.07) is 4.34. The quantitative estimate of drug-likeness (QED) is 0.800. The lowest BCUT2D eigenvalue weighted by Crippen LogP contribution is -2.19. The van der Waals surface area contributed by atoms with Gasteiger partial charge in [0.15, 0.2) is 4.96 Å². The van der Waals surface area contributed by atoms with Crippen molar-refractivity contribution >= 4 is 16.3 Å². The molecule has 0 radical (unpaired) electrons. The molecule has 0 fully saturated rings. The Bertz CT molecular complexity index is 714. The zero-order valence-electron chi connectivity index (χ0n) is 11.9. The van der Waals surface area contributed by atoms with Crippen LogP contribution >= 0.6 is 11.3 Å². The van der Waals surface area contributed by atoms with Gasteiger partial charge in [-0.3, -0.25) is 9.38 Å². The predicted octanol–water partition coefficient (Wildman–Crippen LogP) is 3.26. The highest BCUT2D eigenvalue weighted by molar-refractivity contribution is 7.17. The zero-order chi connectivity index (χ0) is 14.1. The van der Waals surface area contributed by atoms with Gasteiger partial charge in [-0.05, 0) is 32.4 Å². The Balaban J connectivity index is 1.78. The number of aryl methyl sites for hydroxylation is 2. The fourth-order valence-electron chi connectivity index (χ4n) is 2.32. The molecule has 104 valence electrons. The molecule has 0 saturated heterocycles. The fraction of sp³-hybridized carbons (Fsp3) is 0.333. The molecule has 3 rings (SSSR count). The Kier molecular flexibility index (Phi) is 3.54. The molecular formula is C15H18N4S. The average Bonchev–Trinajstić information content (AvgIpc) is 2.92. The number of pyridine rings is 1. The molecule has 5 heteroatoms. The third-order valence-corrected chi connectivity index (χ3v) is 4.40. The minimum Gasteiger partial charge on any atom is -0.305 e. The first kappa shape index (κ1) is 13.3. The van der Waals surface area contributed by atoms with Gasteiger partial charge in [-0.25, -0.2) is 4.98 Å². The summed E-state index contributed by atoms with van der Waals surface area (Å²) in [6.07, 6.45) is 5.87. The summed E-state index contributed by atoms with van der Waals surface area (Å²) >= 11 is 1.73. The van der Waals surface area contributed by atoms with E-state index in [9.17, 15) is 0 Å². The third-order valence-electron chi connectivity index (χ3n) is 3.50. The molecule has 3 aromatic rings. The van der Waals surface area contributed by atoms with E-state index in [1.165, 1.54) is 16.1 Å². The Hall–Kier alpha value is -1.72. The Labute approximate surface area is 122 Å².